The quantitative estimate of drug-likeness (QED) is 0.272. The number of carboxylic acid groups (broad SMARTS) is 1. The third-order valence-electron chi connectivity index (χ3n) is 6.19. The topological polar surface area (TPSA) is 37.3 Å². The molecule has 0 aliphatic carbocycles. The van der Waals surface area contributed by atoms with Crippen molar-refractivity contribution >= 4 is 5.97 Å². The summed E-state index contributed by atoms with van der Waals surface area (Å²) in [7, 11) is 0. The lowest BCUT2D eigenvalue weighted by Gasteiger charge is -2.20. The molecule has 28 heavy (non-hydrogen) atoms. The van der Waals surface area contributed by atoms with Crippen LogP contribution in [-0.4, -0.2) is 11.1 Å². The molecule has 1 aromatic carbocycles. The highest BCUT2D eigenvalue weighted by Crippen LogP contribution is 2.31. The van der Waals surface area contributed by atoms with Crippen LogP contribution in [0.4, 0.5) is 0 Å². The Balaban J connectivity index is 2.15. The van der Waals surface area contributed by atoms with Crippen LogP contribution in [0.2, 0.25) is 0 Å². The summed E-state index contributed by atoms with van der Waals surface area (Å²) in [5, 5.41) is 8.62. The highest BCUT2D eigenvalue weighted by atomic mass is 16.4. The summed E-state index contributed by atoms with van der Waals surface area (Å²) in [4.78, 5) is 10.5. The molecule has 160 valence electrons. The Kier molecular flexibility index (Phi) is 13.8. The molecule has 2 nitrogen and oxygen atoms in total. The van der Waals surface area contributed by atoms with E-state index in [4.69, 9.17) is 5.11 Å². The maximum absolute atomic E-state index is 10.5. The first-order chi connectivity index (χ1) is 13.6. The molecule has 1 unspecified atom stereocenters. The molecule has 0 amide bonds. The summed E-state index contributed by atoms with van der Waals surface area (Å²) in [6, 6.07) is 6.83. The Bertz CT molecular complexity index is 535. The fourth-order valence-corrected chi connectivity index (χ4v) is 4.20. The minimum atomic E-state index is -0.658. The monoisotopic (exact) mass is 388 g/mol. The Morgan fingerprint density at radius 2 is 1.36 bits per heavy atom. The average Bonchev–Trinajstić information content (AvgIpc) is 2.67. The fourth-order valence-electron chi connectivity index (χ4n) is 4.20. The van der Waals surface area contributed by atoms with E-state index in [2.05, 4.69) is 39.0 Å². The van der Waals surface area contributed by atoms with E-state index in [0.29, 0.717) is 6.42 Å². The van der Waals surface area contributed by atoms with Crippen molar-refractivity contribution in [3.8, 4) is 0 Å². The lowest BCUT2D eigenvalue weighted by Crippen LogP contribution is -2.03. The lowest BCUT2D eigenvalue weighted by molar-refractivity contribution is -0.137. The van der Waals surface area contributed by atoms with Gasteiger partial charge in [-0.05, 0) is 55.7 Å². The van der Waals surface area contributed by atoms with Gasteiger partial charge >= 0.3 is 5.97 Å². The van der Waals surface area contributed by atoms with Gasteiger partial charge in [-0.2, -0.15) is 0 Å². The number of aliphatic carboxylic acids is 1. The minimum absolute atomic E-state index is 0.335. The van der Waals surface area contributed by atoms with Crippen LogP contribution in [0, 0.1) is 13.8 Å². The van der Waals surface area contributed by atoms with E-state index in [1.165, 1.54) is 88.2 Å². The predicted molar refractivity (Wildman–Crippen MR) is 121 cm³/mol. The lowest BCUT2D eigenvalue weighted by atomic mass is 9.85. The number of carbonyl (C=O) groups is 1. The minimum Gasteiger partial charge on any atom is -0.481 e. The maximum Gasteiger partial charge on any atom is 0.303 e. The zero-order valence-corrected chi connectivity index (χ0v) is 18.8. The first-order valence-corrected chi connectivity index (χ1v) is 11.8. The average molecular weight is 389 g/mol. The van der Waals surface area contributed by atoms with Crippen molar-refractivity contribution in [1.82, 2.24) is 0 Å². The van der Waals surface area contributed by atoms with Gasteiger partial charge in [0.25, 0.3) is 0 Å². The molecule has 0 aliphatic heterocycles. The van der Waals surface area contributed by atoms with Crippen LogP contribution < -0.4 is 0 Å². The highest BCUT2D eigenvalue weighted by Gasteiger charge is 2.14. The highest BCUT2D eigenvalue weighted by molar-refractivity contribution is 5.66. The predicted octanol–water partition coefficient (Wildman–Crippen LogP) is 8.34. The van der Waals surface area contributed by atoms with Gasteiger partial charge in [-0.25, -0.2) is 0 Å². The molecular formula is C26H44O2. The molecule has 0 bridgehead atoms. The molecule has 0 spiro atoms. The maximum atomic E-state index is 10.5. The standard InChI is InChI=1S/C26H44O2/c1-4-5-18-24(25-20-16-17-22(2)23(25)3)19-14-12-10-8-6-7-9-11-13-15-21-26(27)28/h16-17,20,24H,4-15,18-19,21H2,1-3H3,(H,27,28). The van der Waals surface area contributed by atoms with E-state index in [0.717, 1.165) is 18.8 Å². The number of rotatable bonds is 17. The van der Waals surface area contributed by atoms with Crippen LogP contribution in [0.25, 0.3) is 0 Å². The summed E-state index contributed by atoms with van der Waals surface area (Å²) in [5.41, 5.74) is 4.53. The Morgan fingerprint density at radius 3 is 1.93 bits per heavy atom. The Hall–Kier alpha value is -1.31. The van der Waals surface area contributed by atoms with Crippen molar-refractivity contribution in [1.29, 1.82) is 0 Å². The van der Waals surface area contributed by atoms with Crippen molar-refractivity contribution in [3.63, 3.8) is 0 Å². The van der Waals surface area contributed by atoms with E-state index < -0.39 is 5.97 Å². The first kappa shape index (κ1) is 24.7. The molecule has 0 radical (unpaired) electrons. The summed E-state index contributed by atoms with van der Waals surface area (Å²) < 4.78 is 0. The molecule has 1 aromatic rings. The summed E-state index contributed by atoms with van der Waals surface area (Å²) in [6.45, 7) is 6.83. The fraction of sp³-hybridized carbons (Fsp3) is 0.731. The number of hydrogen-bond donors (Lipinski definition) is 1. The first-order valence-electron chi connectivity index (χ1n) is 11.8. The number of unbranched alkanes of at least 4 members (excludes halogenated alkanes) is 10. The SMILES string of the molecule is CCCCC(CCCCCCCCCCCCC(=O)O)c1cccc(C)c1C. The Morgan fingerprint density at radius 1 is 0.821 bits per heavy atom. The van der Waals surface area contributed by atoms with Crippen LogP contribution in [0.1, 0.15) is 126 Å². The molecule has 1 N–H and O–H groups in total. The smallest absolute Gasteiger partial charge is 0.303 e. The van der Waals surface area contributed by atoms with Gasteiger partial charge in [0, 0.05) is 6.42 Å². The van der Waals surface area contributed by atoms with Crippen molar-refractivity contribution in [3.05, 3.63) is 34.9 Å². The molecule has 2 heteroatoms. The van der Waals surface area contributed by atoms with Gasteiger partial charge < -0.3 is 5.11 Å². The molecule has 0 heterocycles. The van der Waals surface area contributed by atoms with Crippen molar-refractivity contribution in [2.45, 2.75) is 123 Å². The van der Waals surface area contributed by atoms with E-state index in [9.17, 15) is 4.79 Å². The van der Waals surface area contributed by atoms with Gasteiger partial charge in [-0.15, -0.1) is 0 Å². The van der Waals surface area contributed by atoms with Gasteiger partial charge in [0.05, 0.1) is 0 Å². The third kappa shape index (κ3) is 10.9. The zero-order chi connectivity index (χ0) is 20.6. The Labute approximate surface area is 174 Å². The van der Waals surface area contributed by atoms with E-state index in [-0.39, 0.29) is 0 Å². The van der Waals surface area contributed by atoms with Gasteiger partial charge in [0.15, 0.2) is 0 Å². The van der Waals surface area contributed by atoms with Gasteiger partial charge in [0.1, 0.15) is 0 Å². The van der Waals surface area contributed by atoms with Crippen molar-refractivity contribution in [2.24, 2.45) is 0 Å². The second-order valence-electron chi connectivity index (χ2n) is 8.60. The van der Waals surface area contributed by atoms with Crippen LogP contribution in [0.15, 0.2) is 18.2 Å². The van der Waals surface area contributed by atoms with Crippen LogP contribution in [0.3, 0.4) is 0 Å². The van der Waals surface area contributed by atoms with Crippen LogP contribution in [0.5, 0.6) is 0 Å². The molecule has 0 saturated carbocycles. The molecule has 0 aliphatic rings. The van der Waals surface area contributed by atoms with E-state index in [1.54, 1.807) is 5.56 Å². The number of benzene rings is 1. The van der Waals surface area contributed by atoms with Gasteiger partial charge in [0.2, 0.25) is 0 Å². The van der Waals surface area contributed by atoms with Gasteiger partial charge in [-0.1, -0.05) is 95.8 Å². The number of hydrogen-bond acceptors (Lipinski definition) is 1. The van der Waals surface area contributed by atoms with Gasteiger partial charge in [-0.3, -0.25) is 4.79 Å². The molecule has 0 fully saturated rings. The van der Waals surface area contributed by atoms with E-state index in [1.807, 2.05) is 0 Å². The molecule has 0 saturated heterocycles. The summed E-state index contributed by atoms with van der Waals surface area (Å²) >= 11 is 0. The second-order valence-corrected chi connectivity index (χ2v) is 8.60. The van der Waals surface area contributed by atoms with Crippen molar-refractivity contribution < 1.29 is 9.90 Å². The summed E-state index contributed by atoms with van der Waals surface area (Å²) in [5.74, 6) is 0.0835. The van der Waals surface area contributed by atoms with Crippen molar-refractivity contribution in [2.75, 3.05) is 0 Å². The zero-order valence-electron chi connectivity index (χ0n) is 18.8. The normalized spacial score (nSPS) is 12.2. The molecule has 0 aromatic heterocycles. The number of carboxylic acids is 1. The largest absolute Gasteiger partial charge is 0.481 e. The third-order valence-corrected chi connectivity index (χ3v) is 6.19. The van der Waals surface area contributed by atoms with E-state index >= 15 is 0 Å². The molecular weight excluding hydrogens is 344 g/mol. The summed E-state index contributed by atoms with van der Waals surface area (Å²) in [6.07, 6.45) is 18.1. The number of aryl methyl sites for hydroxylation is 1. The molecule has 1 atom stereocenters. The van der Waals surface area contributed by atoms with Crippen LogP contribution >= 0.6 is 0 Å². The second kappa shape index (κ2) is 15.6. The molecule has 1 rings (SSSR count). The van der Waals surface area contributed by atoms with Crippen LogP contribution in [-0.2, 0) is 4.79 Å².